The third kappa shape index (κ3) is 3.60. The van der Waals surface area contributed by atoms with E-state index in [1.807, 2.05) is 38.1 Å². The van der Waals surface area contributed by atoms with Crippen molar-refractivity contribution in [3.8, 4) is 11.5 Å². The zero-order valence-electron chi connectivity index (χ0n) is 16.0. The summed E-state index contributed by atoms with van der Waals surface area (Å²) in [5.74, 6) is 1.15. The minimum absolute atomic E-state index is 0.0729. The Balaban J connectivity index is 1.76. The van der Waals surface area contributed by atoms with Crippen molar-refractivity contribution >= 4 is 17.5 Å². The van der Waals surface area contributed by atoms with E-state index in [4.69, 9.17) is 9.47 Å². The number of hydrogen-bond donors (Lipinski definition) is 1. The highest BCUT2D eigenvalue weighted by molar-refractivity contribution is 6.03. The Hall–Kier alpha value is -3.02. The highest BCUT2D eigenvalue weighted by Crippen LogP contribution is 2.31. The van der Waals surface area contributed by atoms with Gasteiger partial charge in [0.15, 0.2) is 11.5 Å². The Morgan fingerprint density at radius 1 is 1.15 bits per heavy atom. The molecule has 0 aliphatic carbocycles. The molecule has 142 valence electrons. The van der Waals surface area contributed by atoms with Crippen molar-refractivity contribution in [2.75, 3.05) is 25.7 Å². The summed E-state index contributed by atoms with van der Waals surface area (Å²) in [7, 11) is 3.16. The summed E-state index contributed by atoms with van der Waals surface area (Å²) >= 11 is 0. The quantitative estimate of drug-likeness (QED) is 0.851. The third-order valence-corrected chi connectivity index (χ3v) is 4.85. The second kappa shape index (κ2) is 7.70. The summed E-state index contributed by atoms with van der Waals surface area (Å²) in [4.78, 5) is 26.4. The number of nitrogens with one attached hydrogen (secondary N) is 1. The van der Waals surface area contributed by atoms with Crippen molar-refractivity contribution in [1.82, 2.24) is 5.32 Å². The minimum Gasteiger partial charge on any atom is -0.493 e. The van der Waals surface area contributed by atoms with Gasteiger partial charge in [0.05, 0.1) is 26.7 Å². The van der Waals surface area contributed by atoms with Crippen LogP contribution >= 0.6 is 0 Å². The van der Waals surface area contributed by atoms with Gasteiger partial charge in [-0.1, -0.05) is 6.07 Å². The summed E-state index contributed by atoms with van der Waals surface area (Å²) in [6.07, 6.45) is 0.343. The average Bonchev–Trinajstić information content (AvgIpc) is 3.01. The topological polar surface area (TPSA) is 67.9 Å². The lowest BCUT2D eigenvalue weighted by Gasteiger charge is -2.17. The van der Waals surface area contributed by atoms with Crippen molar-refractivity contribution < 1.29 is 19.1 Å². The van der Waals surface area contributed by atoms with Gasteiger partial charge in [0.2, 0.25) is 5.91 Å². The number of carbonyl (C=O) groups excluding carboxylic acids is 2. The molecule has 0 aromatic heterocycles. The van der Waals surface area contributed by atoms with Gasteiger partial charge in [-0.05, 0) is 55.3 Å². The van der Waals surface area contributed by atoms with Crippen LogP contribution in [0.5, 0.6) is 11.5 Å². The Bertz CT molecular complexity index is 878. The summed E-state index contributed by atoms with van der Waals surface area (Å²) in [5.41, 5.74) is 3.25. The van der Waals surface area contributed by atoms with Gasteiger partial charge in [0, 0.05) is 17.8 Å². The molecule has 1 aliphatic heterocycles. The van der Waals surface area contributed by atoms with Crippen molar-refractivity contribution in [2.45, 2.75) is 26.3 Å². The number of carbonyl (C=O) groups is 2. The van der Waals surface area contributed by atoms with Crippen molar-refractivity contribution in [1.29, 1.82) is 0 Å². The van der Waals surface area contributed by atoms with E-state index in [9.17, 15) is 9.59 Å². The Kier molecular flexibility index (Phi) is 5.35. The fourth-order valence-electron chi connectivity index (χ4n) is 3.36. The monoisotopic (exact) mass is 368 g/mol. The van der Waals surface area contributed by atoms with Crippen LogP contribution in [0.2, 0.25) is 0 Å². The van der Waals surface area contributed by atoms with Crippen LogP contribution in [-0.4, -0.2) is 32.6 Å². The number of rotatable bonds is 6. The second-order valence-electron chi connectivity index (χ2n) is 6.47. The number of hydrogen-bond acceptors (Lipinski definition) is 4. The zero-order valence-corrected chi connectivity index (χ0v) is 16.0. The zero-order chi connectivity index (χ0) is 19.6. The molecule has 6 nitrogen and oxygen atoms in total. The van der Waals surface area contributed by atoms with Gasteiger partial charge in [-0.25, -0.2) is 0 Å². The lowest BCUT2D eigenvalue weighted by molar-refractivity contribution is -0.117. The van der Waals surface area contributed by atoms with E-state index in [-0.39, 0.29) is 17.9 Å². The van der Waals surface area contributed by atoms with Crippen LogP contribution in [0.3, 0.4) is 0 Å². The third-order valence-electron chi connectivity index (χ3n) is 4.85. The predicted molar refractivity (Wildman–Crippen MR) is 104 cm³/mol. The van der Waals surface area contributed by atoms with Gasteiger partial charge in [0.25, 0.3) is 5.91 Å². The molecule has 1 atom stereocenters. The molecule has 2 aromatic rings. The van der Waals surface area contributed by atoms with Crippen LogP contribution in [0, 0.1) is 0 Å². The van der Waals surface area contributed by atoms with E-state index in [1.54, 1.807) is 31.3 Å². The molecular formula is C21H24N2O4. The number of ether oxygens (including phenoxy) is 2. The number of fused-ring (bicyclic) bond motifs is 1. The molecule has 0 saturated heterocycles. The minimum atomic E-state index is -0.209. The van der Waals surface area contributed by atoms with Crippen molar-refractivity contribution in [2.24, 2.45) is 0 Å². The van der Waals surface area contributed by atoms with Crippen LogP contribution in [0.4, 0.5) is 5.69 Å². The van der Waals surface area contributed by atoms with E-state index < -0.39 is 0 Å². The first-order valence-corrected chi connectivity index (χ1v) is 8.94. The lowest BCUT2D eigenvalue weighted by Crippen LogP contribution is -2.27. The van der Waals surface area contributed by atoms with Gasteiger partial charge in [-0.2, -0.15) is 0 Å². The molecule has 0 saturated carbocycles. The number of likely N-dealkylation sites (N-methyl/N-ethyl adjacent to an activating group) is 1. The number of methoxy groups -OCH3 is 2. The molecule has 0 radical (unpaired) electrons. The number of benzene rings is 2. The molecule has 0 fully saturated rings. The van der Waals surface area contributed by atoms with Crippen LogP contribution in [0.1, 0.15) is 41.4 Å². The summed E-state index contributed by atoms with van der Waals surface area (Å²) in [5, 5.41) is 3.00. The van der Waals surface area contributed by atoms with Crippen molar-refractivity contribution in [3.63, 3.8) is 0 Å². The summed E-state index contributed by atoms with van der Waals surface area (Å²) in [6.45, 7) is 4.49. The number of anilines is 1. The maximum Gasteiger partial charge on any atom is 0.251 e. The molecule has 3 rings (SSSR count). The van der Waals surface area contributed by atoms with E-state index >= 15 is 0 Å². The smallest absolute Gasteiger partial charge is 0.251 e. The van der Waals surface area contributed by atoms with Crippen LogP contribution in [0.25, 0.3) is 0 Å². The maximum atomic E-state index is 12.7. The van der Waals surface area contributed by atoms with E-state index in [0.29, 0.717) is 30.0 Å². The fourth-order valence-corrected chi connectivity index (χ4v) is 3.36. The van der Waals surface area contributed by atoms with Gasteiger partial charge in [-0.15, -0.1) is 0 Å². The summed E-state index contributed by atoms with van der Waals surface area (Å²) < 4.78 is 10.6. The van der Waals surface area contributed by atoms with E-state index in [1.165, 1.54) is 0 Å². The predicted octanol–water partition coefficient (Wildman–Crippen LogP) is 3.10. The highest BCUT2D eigenvalue weighted by Gasteiger charge is 2.26. The molecule has 0 spiro atoms. The first kappa shape index (κ1) is 18.8. The lowest BCUT2D eigenvalue weighted by atomic mass is 10.1. The molecule has 6 heteroatoms. The molecule has 1 aliphatic rings. The molecule has 1 N–H and O–H groups in total. The Morgan fingerprint density at radius 2 is 1.89 bits per heavy atom. The highest BCUT2D eigenvalue weighted by atomic mass is 16.5. The first-order chi connectivity index (χ1) is 13.0. The van der Waals surface area contributed by atoms with Gasteiger partial charge < -0.3 is 19.7 Å². The van der Waals surface area contributed by atoms with Crippen LogP contribution in [-0.2, 0) is 11.2 Å². The molecule has 27 heavy (non-hydrogen) atoms. The standard InChI is InChI=1S/C21H24N2O4/c1-5-23-17-8-6-15(10-16(17)12-20(23)24)21(25)22-13(2)14-7-9-18(26-3)19(11-14)27-4/h6-11,13H,5,12H2,1-4H3,(H,22,25). The average molecular weight is 368 g/mol. The molecule has 1 heterocycles. The van der Waals surface area contributed by atoms with Crippen LogP contribution < -0.4 is 19.7 Å². The number of amides is 2. The Labute approximate surface area is 159 Å². The second-order valence-corrected chi connectivity index (χ2v) is 6.47. The molecule has 2 amide bonds. The van der Waals surface area contributed by atoms with E-state index in [2.05, 4.69) is 5.32 Å². The largest absolute Gasteiger partial charge is 0.493 e. The first-order valence-electron chi connectivity index (χ1n) is 8.94. The molecular weight excluding hydrogens is 344 g/mol. The van der Waals surface area contributed by atoms with Gasteiger partial charge in [-0.3, -0.25) is 9.59 Å². The van der Waals surface area contributed by atoms with Crippen molar-refractivity contribution in [3.05, 3.63) is 53.1 Å². The number of nitrogens with zero attached hydrogens (tertiary/aromatic N) is 1. The summed E-state index contributed by atoms with van der Waals surface area (Å²) in [6, 6.07) is 10.8. The SMILES string of the molecule is CCN1C(=O)Cc2cc(C(=O)NC(C)c3ccc(OC)c(OC)c3)ccc21. The van der Waals surface area contributed by atoms with Gasteiger partial charge >= 0.3 is 0 Å². The van der Waals surface area contributed by atoms with E-state index in [0.717, 1.165) is 16.8 Å². The Morgan fingerprint density at radius 3 is 2.56 bits per heavy atom. The molecule has 0 bridgehead atoms. The van der Waals surface area contributed by atoms with Gasteiger partial charge in [0.1, 0.15) is 0 Å². The molecule has 1 unspecified atom stereocenters. The molecule has 2 aromatic carbocycles. The van der Waals surface area contributed by atoms with Crippen LogP contribution in [0.15, 0.2) is 36.4 Å². The maximum absolute atomic E-state index is 12.7. The normalized spacial score (nSPS) is 13.9. The fraction of sp³-hybridized carbons (Fsp3) is 0.333.